The van der Waals surface area contributed by atoms with Gasteiger partial charge < -0.3 is 14.8 Å². The smallest absolute Gasteiger partial charge is 0.181 e. The number of aromatic amines is 2. The summed E-state index contributed by atoms with van der Waals surface area (Å²) in [6, 6.07) is 10.3. The van der Waals surface area contributed by atoms with Crippen LogP contribution in [0.2, 0.25) is 0 Å². The number of para-hydroxylation sites is 1. The fourth-order valence-electron chi connectivity index (χ4n) is 4.15. The quantitative estimate of drug-likeness (QED) is 0.340. The largest absolute Gasteiger partial charge is 0.347 e. The minimum absolute atomic E-state index is 0.634. The van der Waals surface area contributed by atoms with Crippen LogP contribution in [0.25, 0.3) is 44.7 Å². The van der Waals surface area contributed by atoms with Gasteiger partial charge in [-0.25, -0.2) is 9.97 Å². The monoisotopic (exact) mass is 465 g/mol. The zero-order chi connectivity index (χ0) is 24.5. The van der Waals surface area contributed by atoms with Crippen LogP contribution in [0.4, 0.5) is 5.69 Å². The van der Waals surface area contributed by atoms with Gasteiger partial charge in [-0.2, -0.15) is 5.10 Å². The minimum atomic E-state index is 0.634. The lowest BCUT2D eigenvalue weighted by Crippen LogP contribution is -2.10. The fraction of sp³-hybridized carbons (Fsp3) is 0.192. The Kier molecular flexibility index (Phi) is 5.84. The topological polar surface area (TPSA) is 102 Å². The van der Waals surface area contributed by atoms with Crippen molar-refractivity contribution in [3.05, 3.63) is 66.4 Å². The van der Waals surface area contributed by atoms with Crippen molar-refractivity contribution in [1.29, 1.82) is 0 Å². The first-order valence-electron chi connectivity index (χ1n) is 11.2. The Bertz CT molecular complexity index is 1560. The fourth-order valence-corrected chi connectivity index (χ4v) is 4.15. The van der Waals surface area contributed by atoms with Crippen LogP contribution in [-0.2, 0) is 6.54 Å². The molecule has 5 aromatic rings. The average molecular weight is 466 g/mol. The number of anilines is 1. The lowest BCUT2D eigenvalue weighted by molar-refractivity contribution is 0.402. The highest BCUT2D eigenvalue weighted by Crippen LogP contribution is 2.32. The molecule has 0 bridgehead atoms. The summed E-state index contributed by atoms with van der Waals surface area (Å²) in [5, 5.41) is 8.42. The summed E-state index contributed by atoms with van der Waals surface area (Å²) in [5.74, 6) is 0.698. The van der Waals surface area contributed by atoms with Gasteiger partial charge in [0.25, 0.3) is 0 Å². The molecule has 0 aliphatic rings. The number of nitrogens with one attached hydrogen (secondary N) is 2. The van der Waals surface area contributed by atoms with Crippen molar-refractivity contribution in [1.82, 2.24) is 35.0 Å². The summed E-state index contributed by atoms with van der Waals surface area (Å²) in [7, 11) is 6.06. The second kappa shape index (κ2) is 9.11. The summed E-state index contributed by atoms with van der Waals surface area (Å²) in [5.41, 5.74) is 8.11. The Morgan fingerprint density at radius 3 is 2.74 bits per heavy atom. The number of rotatable bonds is 7. The third-order valence-corrected chi connectivity index (χ3v) is 5.77. The van der Waals surface area contributed by atoms with E-state index in [2.05, 4.69) is 53.9 Å². The summed E-state index contributed by atoms with van der Waals surface area (Å²) < 4.78 is 0. The van der Waals surface area contributed by atoms with E-state index < -0.39 is 0 Å². The Hall–Kier alpha value is -4.37. The number of imidazole rings is 1. The van der Waals surface area contributed by atoms with Gasteiger partial charge >= 0.3 is 0 Å². The van der Waals surface area contributed by atoms with Crippen LogP contribution in [0.5, 0.6) is 0 Å². The molecule has 0 atom stereocenters. The maximum Gasteiger partial charge on any atom is 0.181 e. The zero-order valence-electron chi connectivity index (χ0n) is 20.2. The molecule has 176 valence electrons. The maximum absolute atomic E-state index is 4.92. The van der Waals surface area contributed by atoms with Crippen LogP contribution in [-0.4, -0.2) is 62.9 Å². The van der Waals surface area contributed by atoms with Gasteiger partial charge in [-0.15, -0.1) is 0 Å². The highest BCUT2D eigenvalue weighted by molar-refractivity contribution is 5.96. The van der Waals surface area contributed by atoms with E-state index in [1.165, 1.54) is 0 Å². The lowest BCUT2D eigenvalue weighted by Gasteiger charge is -2.15. The highest BCUT2D eigenvalue weighted by Gasteiger charge is 2.16. The van der Waals surface area contributed by atoms with E-state index in [0.717, 1.165) is 56.7 Å². The molecular formula is C26H27N9. The van der Waals surface area contributed by atoms with Gasteiger partial charge in [0.15, 0.2) is 11.5 Å². The molecule has 5 rings (SSSR count). The van der Waals surface area contributed by atoms with Crippen LogP contribution in [0.1, 0.15) is 12.5 Å². The third-order valence-electron chi connectivity index (χ3n) is 5.77. The summed E-state index contributed by atoms with van der Waals surface area (Å²) in [6.45, 7) is 6.32. The van der Waals surface area contributed by atoms with Gasteiger partial charge in [0, 0.05) is 49.5 Å². The average Bonchev–Trinajstić information content (AvgIpc) is 3.47. The summed E-state index contributed by atoms with van der Waals surface area (Å²) >= 11 is 0. The number of aliphatic imine (C=N–C) groups is 1. The molecule has 9 nitrogen and oxygen atoms in total. The molecule has 0 saturated carbocycles. The van der Waals surface area contributed by atoms with E-state index >= 15 is 0 Å². The number of benzene rings is 1. The third kappa shape index (κ3) is 4.41. The maximum atomic E-state index is 4.92. The number of allylic oxidation sites excluding steroid dienone is 1. The van der Waals surface area contributed by atoms with Crippen molar-refractivity contribution in [3.8, 4) is 22.6 Å². The van der Waals surface area contributed by atoms with Crippen molar-refractivity contribution in [2.24, 2.45) is 4.99 Å². The predicted octanol–water partition coefficient (Wildman–Crippen LogP) is 4.62. The van der Waals surface area contributed by atoms with E-state index in [1.54, 1.807) is 0 Å². The van der Waals surface area contributed by atoms with Gasteiger partial charge in [0.05, 0.1) is 22.3 Å². The van der Waals surface area contributed by atoms with E-state index in [0.29, 0.717) is 11.5 Å². The molecule has 2 N–H and O–H groups in total. The van der Waals surface area contributed by atoms with E-state index in [9.17, 15) is 0 Å². The van der Waals surface area contributed by atoms with Crippen LogP contribution in [0, 0.1) is 0 Å². The number of hydrogen-bond acceptors (Lipinski definition) is 7. The Balaban J connectivity index is 1.57. The number of hydrogen-bond donors (Lipinski definition) is 2. The molecule has 4 heterocycles. The number of fused-ring (bicyclic) bond motifs is 2. The molecule has 1 aromatic carbocycles. The first kappa shape index (κ1) is 22.4. The first-order chi connectivity index (χ1) is 16.9. The van der Waals surface area contributed by atoms with Crippen LogP contribution >= 0.6 is 0 Å². The normalized spacial score (nSPS) is 12.1. The Morgan fingerprint density at radius 2 is 1.94 bits per heavy atom. The van der Waals surface area contributed by atoms with Crippen LogP contribution < -0.4 is 4.90 Å². The van der Waals surface area contributed by atoms with Gasteiger partial charge in [-0.05, 0) is 57.6 Å². The predicted molar refractivity (Wildman–Crippen MR) is 141 cm³/mol. The zero-order valence-corrected chi connectivity index (χ0v) is 20.2. The van der Waals surface area contributed by atoms with Crippen molar-refractivity contribution in [2.75, 3.05) is 26.0 Å². The second-order valence-corrected chi connectivity index (χ2v) is 8.81. The molecule has 0 amide bonds. The van der Waals surface area contributed by atoms with E-state index in [-0.39, 0.29) is 0 Å². The molecule has 0 spiro atoms. The van der Waals surface area contributed by atoms with Crippen molar-refractivity contribution in [3.63, 3.8) is 0 Å². The van der Waals surface area contributed by atoms with Crippen molar-refractivity contribution in [2.45, 2.75) is 13.5 Å². The van der Waals surface area contributed by atoms with E-state index in [1.807, 2.05) is 76.0 Å². The van der Waals surface area contributed by atoms with Crippen LogP contribution in [0.15, 0.2) is 65.8 Å². The molecular weight excluding hydrogens is 438 g/mol. The molecule has 0 radical (unpaired) electrons. The van der Waals surface area contributed by atoms with Gasteiger partial charge in [0.1, 0.15) is 11.2 Å². The summed E-state index contributed by atoms with van der Waals surface area (Å²) in [4.78, 5) is 25.5. The molecule has 0 aliphatic carbocycles. The lowest BCUT2D eigenvalue weighted by atomic mass is 10.1. The van der Waals surface area contributed by atoms with Crippen LogP contribution in [0.3, 0.4) is 0 Å². The van der Waals surface area contributed by atoms with Gasteiger partial charge in [-0.3, -0.25) is 15.1 Å². The molecule has 0 unspecified atom stereocenters. The highest BCUT2D eigenvalue weighted by atomic mass is 15.2. The number of pyridine rings is 2. The molecule has 9 heteroatoms. The summed E-state index contributed by atoms with van der Waals surface area (Å²) in [6.07, 6.45) is 7.51. The number of aromatic nitrogens is 6. The minimum Gasteiger partial charge on any atom is -0.347 e. The number of nitrogens with zero attached hydrogens (tertiary/aromatic N) is 7. The Morgan fingerprint density at radius 1 is 1.11 bits per heavy atom. The standard InChI is InChI=1S/C26H27N9/c1-16(27-2)14-35(5)22-8-6-7-21-24(22)31-26(30-21)23-20-10-19(13-29-25(20)33-32-23)18-9-17(11-28-12-18)15-34(3)4/h6-14H,2,15H2,1,3-5H3,(H,30,31)(H,29,32,33)/b16-14-. The molecule has 0 fully saturated rings. The molecule has 0 saturated heterocycles. The van der Waals surface area contributed by atoms with E-state index in [4.69, 9.17) is 4.98 Å². The first-order valence-corrected chi connectivity index (χ1v) is 11.2. The van der Waals surface area contributed by atoms with Gasteiger partial charge in [-0.1, -0.05) is 6.07 Å². The molecule has 0 aliphatic heterocycles. The molecule has 4 aromatic heterocycles. The molecule has 35 heavy (non-hydrogen) atoms. The SMILES string of the molecule is C=N/C(C)=C\N(C)c1cccc2[nH]c(-c3[nH]nc4ncc(-c5cncc(CN(C)C)c5)cc34)nc12. The Labute approximate surface area is 203 Å². The second-order valence-electron chi connectivity index (χ2n) is 8.81. The number of H-pyrrole nitrogens is 2. The van der Waals surface area contributed by atoms with Gasteiger partial charge in [0.2, 0.25) is 0 Å². The van der Waals surface area contributed by atoms with Crippen molar-refractivity contribution >= 4 is 34.5 Å². The van der Waals surface area contributed by atoms with Crippen molar-refractivity contribution < 1.29 is 0 Å².